The van der Waals surface area contributed by atoms with Crippen LogP contribution in [0.4, 0.5) is 18.9 Å². The molecule has 4 nitrogen and oxygen atoms in total. The highest BCUT2D eigenvalue weighted by atomic mass is 19.4. The molecule has 1 heterocycles. The number of rotatable bonds is 3. The van der Waals surface area contributed by atoms with Crippen LogP contribution in [-0.4, -0.2) is 15.7 Å². The van der Waals surface area contributed by atoms with Crippen LogP contribution in [0.5, 0.6) is 0 Å². The van der Waals surface area contributed by atoms with E-state index in [2.05, 4.69) is 17.0 Å². The van der Waals surface area contributed by atoms with Crippen LogP contribution in [-0.2, 0) is 11.0 Å². The molecule has 0 bridgehead atoms. The predicted molar refractivity (Wildman–Crippen MR) is 67.4 cm³/mol. The minimum atomic E-state index is -4.48. The molecule has 1 amide bonds. The van der Waals surface area contributed by atoms with E-state index in [0.29, 0.717) is 5.69 Å². The van der Waals surface area contributed by atoms with Gasteiger partial charge in [0.15, 0.2) is 0 Å². The summed E-state index contributed by atoms with van der Waals surface area (Å²) in [5.74, 6) is -0.396. The third-order valence-corrected chi connectivity index (χ3v) is 2.50. The average molecular weight is 281 g/mol. The Morgan fingerprint density at radius 2 is 1.90 bits per heavy atom. The van der Waals surface area contributed by atoms with E-state index in [1.807, 2.05) is 0 Å². The molecular weight excluding hydrogens is 271 g/mol. The van der Waals surface area contributed by atoms with Crippen molar-refractivity contribution >= 4 is 11.6 Å². The fraction of sp³-hybridized carbons (Fsp3) is 0.0769. The predicted octanol–water partition coefficient (Wildman–Crippen LogP) is 3.02. The zero-order valence-corrected chi connectivity index (χ0v) is 10.2. The molecule has 0 spiro atoms. The molecule has 1 aromatic carbocycles. The number of halogens is 3. The van der Waals surface area contributed by atoms with Gasteiger partial charge in [-0.25, -0.2) is 4.68 Å². The molecule has 0 atom stereocenters. The number of aromatic nitrogens is 2. The summed E-state index contributed by atoms with van der Waals surface area (Å²) in [6, 6.07) is 6.73. The Morgan fingerprint density at radius 1 is 1.25 bits per heavy atom. The third-order valence-electron chi connectivity index (χ3n) is 2.50. The molecule has 20 heavy (non-hydrogen) atoms. The molecule has 2 aromatic rings. The first-order valence-corrected chi connectivity index (χ1v) is 5.57. The van der Waals surface area contributed by atoms with E-state index < -0.39 is 17.8 Å². The van der Waals surface area contributed by atoms with Crippen LogP contribution >= 0.6 is 0 Å². The van der Waals surface area contributed by atoms with E-state index in [-0.39, 0.29) is 5.69 Å². The molecule has 0 aliphatic heterocycles. The summed E-state index contributed by atoms with van der Waals surface area (Å²) in [7, 11) is 0. The lowest BCUT2D eigenvalue weighted by molar-refractivity contribution is -0.142. The van der Waals surface area contributed by atoms with Crippen molar-refractivity contribution < 1.29 is 18.0 Å². The minimum Gasteiger partial charge on any atom is -0.323 e. The van der Waals surface area contributed by atoms with E-state index in [0.717, 1.165) is 23.0 Å². The number of nitrogens with zero attached hydrogens (tertiary/aromatic N) is 2. The molecule has 104 valence electrons. The van der Waals surface area contributed by atoms with E-state index in [1.165, 1.54) is 24.3 Å². The third kappa shape index (κ3) is 2.87. The van der Waals surface area contributed by atoms with Crippen molar-refractivity contribution in [2.24, 2.45) is 0 Å². The molecule has 0 aliphatic rings. The van der Waals surface area contributed by atoms with Crippen LogP contribution in [0.1, 0.15) is 5.69 Å². The maximum absolute atomic E-state index is 12.7. The van der Waals surface area contributed by atoms with E-state index in [4.69, 9.17) is 0 Å². The van der Waals surface area contributed by atoms with Gasteiger partial charge in [-0.1, -0.05) is 6.58 Å². The molecular formula is C13H10F3N3O. The highest BCUT2D eigenvalue weighted by Gasteiger charge is 2.35. The summed E-state index contributed by atoms with van der Waals surface area (Å²) in [5, 5.41) is 6.15. The van der Waals surface area contributed by atoms with Gasteiger partial charge in [0.05, 0.1) is 11.9 Å². The smallest absolute Gasteiger partial charge is 0.323 e. The van der Waals surface area contributed by atoms with Gasteiger partial charge in [0.1, 0.15) is 5.69 Å². The molecule has 7 heteroatoms. The van der Waals surface area contributed by atoms with Crippen molar-refractivity contribution in [1.29, 1.82) is 0 Å². The molecule has 0 radical (unpaired) electrons. The van der Waals surface area contributed by atoms with Crippen molar-refractivity contribution in [3.05, 3.63) is 54.9 Å². The monoisotopic (exact) mass is 281 g/mol. The van der Waals surface area contributed by atoms with Crippen molar-refractivity contribution in [3.8, 4) is 5.69 Å². The molecule has 0 aliphatic carbocycles. The maximum atomic E-state index is 12.7. The van der Waals surface area contributed by atoms with Gasteiger partial charge in [0.25, 0.3) is 0 Å². The number of carbonyl (C=O) groups is 1. The number of amides is 1. The van der Waals surface area contributed by atoms with Crippen LogP contribution in [0.25, 0.3) is 5.69 Å². The van der Waals surface area contributed by atoms with Gasteiger partial charge in [-0.2, -0.15) is 18.3 Å². The molecule has 0 saturated heterocycles. The number of carbonyl (C=O) groups excluding carboxylic acids is 1. The fourth-order valence-corrected chi connectivity index (χ4v) is 1.60. The SMILES string of the molecule is C=CC(=O)Nc1ccc(-n2nccc2C(F)(F)F)cc1. The number of benzene rings is 1. The second-order valence-electron chi connectivity index (χ2n) is 3.87. The van der Waals surface area contributed by atoms with Crippen LogP contribution < -0.4 is 5.32 Å². The summed E-state index contributed by atoms with van der Waals surface area (Å²) in [5.41, 5.74) is -0.154. The van der Waals surface area contributed by atoms with Crippen molar-refractivity contribution in [1.82, 2.24) is 9.78 Å². The Kier molecular flexibility index (Phi) is 3.60. The Hall–Kier alpha value is -2.57. The van der Waals surface area contributed by atoms with Gasteiger partial charge in [-0.15, -0.1) is 0 Å². The largest absolute Gasteiger partial charge is 0.433 e. The number of hydrogen-bond acceptors (Lipinski definition) is 2. The van der Waals surface area contributed by atoms with Gasteiger partial charge >= 0.3 is 6.18 Å². The molecule has 0 saturated carbocycles. The maximum Gasteiger partial charge on any atom is 0.433 e. The number of alkyl halides is 3. The van der Waals surface area contributed by atoms with Gasteiger partial charge in [-0.05, 0) is 36.4 Å². The Bertz CT molecular complexity index is 629. The fourth-order valence-electron chi connectivity index (χ4n) is 1.60. The highest BCUT2D eigenvalue weighted by Crippen LogP contribution is 2.30. The van der Waals surface area contributed by atoms with Crippen molar-refractivity contribution in [3.63, 3.8) is 0 Å². The van der Waals surface area contributed by atoms with Crippen LogP contribution in [0, 0.1) is 0 Å². The molecule has 0 fully saturated rings. The lowest BCUT2D eigenvalue weighted by Crippen LogP contribution is -2.13. The quantitative estimate of drug-likeness (QED) is 0.879. The summed E-state index contributed by atoms with van der Waals surface area (Å²) < 4.78 is 39.0. The number of hydrogen-bond donors (Lipinski definition) is 1. The lowest BCUT2D eigenvalue weighted by Gasteiger charge is -2.10. The highest BCUT2D eigenvalue weighted by molar-refractivity contribution is 5.98. The van der Waals surface area contributed by atoms with Gasteiger partial charge in [-0.3, -0.25) is 4.79 Å². The first-order chi connectivity index (χ1) is 9.41. The normalized spacial score (nSPS) is 11.2. The van der Waals surface area contributed by atoms with Gasteiger partial charge < -0.3 is 5.32 Å². The molecule has 0 unspecified atom stereocenters. The number of nitrogens with one attached hydrogen (secondary N) is 1. The van der Waals surface area contributed by atoms with Gasteiger partial charge in [0, 0.05) is 5.69 Å². The van der Waals surface area contributed by atoms with E-state index >= 15 is 0 Å². The van der Waals surface area contributed by atoms with Crippen molar-refractivity contribution in [2.45, 2.75) is 6.18 Å². The Morgan fingerprint density at radius 3 is 2.45 bits per heavy atom. The average Bonchev–Trinajstić information content (AvgIpc) is 2.88. The molecule has 1 aromatic heterocycles. The van der Waals surface area contributed by atoms with Gasteiger partial charge in [0.2, 0.25) is 5.91 Å². The van der Waals surface area contributed by atoms with Crippen LogP contribution in [0.3, 0.4) is 0 Å². The zero-order chi connectivity index (χ0) is 14.8. The lowest BCUT2D eigenvalue weighted by atomic mass is 10.2. The Labute approximate surface area is 112 Å². The second kappa shape index (κ2) is 5.20. The summed E-state index contributed by atoms with van der Waals surface area (Å²) in [6.07, 6.45) is -2.30. The van der Waals surface area contributed by atoms with E-state index in [1.54, 1.807) is 0 Å². The summed E-state index contributed by atoms with van der Waals surface area (Å²) in [4.78, 5) is 11.1. The van der Waals surface area contributed by atoms with Crippen LogP contribution in [0.15, 0.2) is 49.2 Å². The van der Waals surface area contributed by atoms with Crippen molar-refractivity contribution in [2.75, 3.05) is 5.32 Å². The first-order valence-electron chi connectivity index (χ1n) is 5.57. The summed E-state index contributed by atoms with van der Waals surface area (Å²) in [6.45, 7) is 3.30. The minimum absolute atomic E-state index is 0.249. The first kappa shape index (κ1) is 13.9. The topological polar surface area (TPSA) is 46.9 Å². The number of anilines is 1. The second-order valence-corrected chi connectivity index (χ2v) is 3.87. The Balaban J connectivity index is 2.29. The molecule has 1 N–H and O–H groups in total. The zero-order valence-electron chi connectivity index (χ0n) is 10.2. The van der Waals surface area contributed by atoms with E-state index in [9.17, 15) is 18.0 Å². The summed E-state index contributed by atoms with van der Waals surface area (Å²) >= 11 is 0. The molecule has 2 rings (SSSR count). The van der Waals surface area contributed by atoms with Crippen LogP contribution in [0.2, 0.25) is 0 Å². The standard InChI is InChI=1S/C13H10F3N3O/c1-2-12(20)18-9-3-5-10(6-4-9)19-11(7-8-17-19)13(14,15)16/h2-8H,1H2,(H,18,20).